The monoisotopic (exact) mass is 396 g/mol. The van der Waals surface area contributed by atoms with Crippen LogP contribution in [0, 0.1) is 12.8 Å². The van der Waals surface area contributed by atoms with Gasteiger partial charge in [0.1, 0.15) is 0 Å². The van der Waals surface area contributed by atoms with Gasteiger partial charge in [-0.05, 0) is 70.4 Å². The van der Waals surface area contributed by atoms with Crippen molar-refractivity contribution in [3.63, 3.8) is 0 Å². The van der Waals surface area contributed by atoms with Crippen molar-refractivity contribution >= 4 is 5.71 Å². The van der Waals surface area contributed by atoms with E-state index in [9.17, 15) is 0 Å². The number of hydrazone groups is 1. The molecule has 1 aromatic rings. The summed E-state index contributed by atoms with van der Waals surface area (Å²) in [5.41, 5.74) is 5.26. The molecule has 0 saturated carbocycles. The van der Waals surface area contributed by atoms with Gasteiger partial charge in [0.25, 0.3) is 0 Å². The highest BCUT2D eigenvalue weighted by Crippen LogP contribution is 2.29. The highest BCUT2D eigenvalue weighted by Gasteiger charge is 2.28. The maximum absolute atomic E-state index is 4.72. The summed E-state index contributed by atoms with van der Waals surface area (Å²) in [4.78, 5) is 6.86. The Kier molecular flexibility index (Phi) is 10.4. The third-order valence-corrected chi connectivity index (χ3v) is 5.67. The molecule has 4 nitrogen and oxygen atoms in total. The zero-order chi connectivity index (χ0) is 22.0. The van der Waals surface area contributed by atoms with Crippen molar-refractivity contribution in [3.05, 3.63) is 65.8 Å². The molecule has 0 aliphatic carbocycles. The molecule has 0 aromatic carbocycles. The highest BCUT2D eigenvalue weighted by molar-refractivity contribution is 5.99. The second-order valence-electron chi connectivity index (χ2n) is 7.34. The van der Waals surface area contributed by atoms with Crippen LogP contribution in [0.1, 0.15) is 65.6 Å². The Balaban J connectivity index is 0.00000204. The van der Waals surface area contributed by atoms with E-state index in [0.29, 0.717) is 6.04 Å². The normalized spacial score (nSPS) is 20.3. The number of pyridine rings is 1. The molecule has 1 aliphatic rings. The predicted molar refractivity (Wildman–Crippen MR) is 127 cm³/mol. The summed E-state index contributed by atoms with van der Waals surface area (Å²) in [6.45, 7) is 19.9. The minimum Gasteiger partial charge on any atom is -0.372 e. The van der Waals surface area contributed by atoms with Crippen LogP contribution in [-0.2, 0) is 0 Å². The van der Waals surface area contributed by atoms with Crippen molar-refractivity contribution < 1.29 is 0 Å². The fourth-order valence-electron chi connectivity index (χ4n) is 3.86. The van der Waals surface area contributed by atoms with E-state index in [1.165, 1.54) is 18.5 Å². The standard InChI is InChI=1S/C23H34N4.C2H6/c1-8-21-14-16-27(20(21)6)17(3)12-13-22(9-2)26(7)25-19(5)23-11-10-15-24-18(23)4;1-2/h9-13,15,20-21H,2,8,14,16H2,1,3-7H3;1-2H3/b17-12+,22-13+,25-19+;. The molecule has 4 heteroatoms. The maximum Gasteiger partial charge on any atom is 0.0669 e. The molecule has 0 amide bonds. The summed E-state index contributed by atoms with van der Waals surface area (Å²) >= 11 is 0. The van der Waals surface area contributed by atoms with Gasteiger partial charge in [-0.1, -0.05) is 33.8 Å². The summed E-state index contributed by atoms with van der Waals surface area (Å²) in [6, 6.07) is 4.60. The number of nitrogens with zero attached hydrogens (tertiary/aromatic N) is 4. The van der Waals surface area contributed by atoms with E-state index in [-0.39, 0.29) is 0 Å². The Morgan fingerprint density at radius 1 is 1.34 bits per heavy atom. The lowest BCUT2D eigenvalue weighted by atomic mass is 9.99. The van der Waals surface area contributed by atoms with Crippen molar-refractivity contribution in [2.45, 2.75) is 67.3 Å². The van der Waals surface area contributed by atoms with Gasteiger partial charge in [-0.2, -0.15) is 5.10 Å². The largest absolute Gasteiger partial charge is 0.372 e. The molecule has 1 aromatic heterocycles. The van der Waals surface area contributed by atoms with Crippen LogP contribution in [0.4, 0.5) is 0 Å². The third-order valence-electron chi connectivity index (χ3n) is 5.67. The molecule has 1 fully saturated rings. The van der Waals surface area contributed by atoms with Crippen LogP contribution >= 0.6 is 0 Å². The minimum atomic E-state index is 0.610. The van der Waals surface area contributed by atoms with Crippen molar-refractivity contribution in [2.75, 3.05) is 13.6 Å². The zero-order valence-electron chi connectivity index (χ0n) is 19.7. The fraction of sp³-hybridized carbons (Fsp3) is 0.520. The van der Waals surface area contributed by atoms with Crippen LogP contribution in [0.2, 0.25) is 0 Å². The molecular formula is C25H40N4. The number of allylic oxidation sites excluding steroid dienone is 4. The molecule has 160 valence electrons. The van der Waals surface area contributed by atoms with Gasteiger partial charge >= 0.3 is 0 Å². The molecule has 0 spiro atoms. The van der Waals surface area contributed by atoms with Gasteiger partial charge in [0.2, 0.25) is 0 Å². The van der Waals surface area contributed by atoms with Gasteiger partial charge in [0.05, 0.1) is 11.4 Å². The summed E-state index contributed by atoms with van der Waals surface area (Å²) in [5.74, 6) is 0.800. The topological polar surface area (TPSA) is 31.7 Å². The molecule has 0 radical (unpaired) electrons. The number of hydrogen-bond donors (Lipinski definition) is 0. The molecule has 29 heavy (non-hydrogen) atoms. The quantitative estimate of drug-likeness (QED) is 0.314. The Labute approximate surface area is 178 Å². The maximum atomic E-state index is 4.72. The first kappa shape index (κ1) is 24.7. The molecule has 1 saturated heterocycles. The lowest BCUT2D eigenvalue weighted by Crippen LogP contribution is -2.28. The van der Waals surface area contributed by atoms with Gasteiger partial charge in [-0.3, -0.25) is 9.99 Å². The molecule has 2 heterocycles. The van der Waals surface area contributed by atoms with Crippen molar-refractivity contribution in [1.29, 1.82) is 0 Å². The number of hydrogen-bond acceptors (Lipinski definition) is 4. The number of likely N-dealkylation sites (N-methyl/N-ethyl adjacent to an activating group) is 1. The van der Waals surface area contributed by atoms with Gasteiger partial charge < -0.3 is 4.90 Å². The van der Waals surface area contributed by atoms with Crippen LogP contribution in [0.25, 0.3) is 0 Å². The van der Waals surface area contributed by atoms with E-state index in [1.54, 1.807) is 6.20 Å². The van der Waals surface area contributed by atoms with Crippen molar-refractivity contribution in [3.8, 4) is 0 Å². The lowest BCUT2D eigenvalue weighted by Gasteiger charge is -2.27. The van der Waals surface area contributed by atoms with E-state index in [0.717, 1.165) is 35.1 Å². The molecule has 2 unspecified atom stereocenters. The summed E-state index contributed by atoms with van der Waals surface area (Å²) in [6.07, 6.45) is 10.5. The number of aromatic nitrogens is 1. The average Bonchev–Trinajstić information content (AvgIpc) is 3.10. The molecule has 0 N–H and O–H groups in total. The van der Waals surface area contributed by atoms with Gasteiger partial charge in [0.15, 0.2) is 0 Å². The second-order valence-corrected chi connectivity index (χ2v) is 7.34. The fourth-order valence-corrected chi connectivity index (χ4v) is 3.86. The van der Waals surface area contributed by atoms with E-state index < -0.39 is 0 Å². The van der Waals surface area contributed by atoms with Crippen LogP contribution < -0.4 is 0 Å². The Bertz CT molecular complexity index is 745. The Morgan fingerprint density at radius 3 is 2.59 bits per heavy atom. The molecular weight excluding hydrogens is 356 g/mol. The first-order chi connectivity index (χ1) is 13.9. The third kappa shape index (κ3) is 6.59. The van der Waals surface area contributed by atoms with Crippen molar-refractivity contribution in [1.82, 2.24) is 14.9 Å². The smallest absolute Gasteiger partial charge is 0.0669 e. The van der Waals surface area contributed by atoms with Gasteiger partial charge in [-0.25, -0.2) is 0 Å². The second kappa shape index (κ2) is 12.3. The summed E-state index contributed by atoms with van der Waals surface area (Å²) in [5, 5.41) is 6.60. The van der Waals surface area contributed by atoms with Crippen LogP contribution in [0.5, 0.6) is 0 Å². The minimum absolute atomic E-state index is 0.610. The molecule has 2 atom stereocenters. The van der Waals surface area contributed by atoms with E-state index in [2.05, 4.69) is 55.5 Å². The Morgan fingerprint density at radius 2 is 2.03 bits per heavy atom. The number of rotatable bonds is 7. The molecule has 1 aliphatic heterocycles. The van der Waals surface area contributed by atoms with Crippen LogP contribution in [-0.4, -0.2) is 40.2 Å². The first-order valence-electron chi connectivity index (χ1n) is 10.9. The summed E-state index contributed by atoms with van der Waals surface area (Å²) < 4.78 is 0. The van der Waals surface area contributed by atoms with Gasteiger partial charge in [-0.15, -0.1) is 0 Å². The molecule has 2 rings (SSSR count). The first-order valence-corrected chi connectivity index (χ1v) is 10.9. The average molecular weight is 397 g/mol. The van der Waals surface area contributed by atoms with E-state index in [1.807, 2.05) is 51.9 Å². The number of aryl methyl sites for hydroxylation is 1. The van der Waals surface area contributed by atoms with Crippen LogP contribution in [0.3, 0.4) is 0 Å². The van der Waals surface area contributed by atoms with Crippen LogP contribution in [0.15, 0.2) is 59.6 Å². The predicted octanol–water partition coefficient (Wildman–Crippen LogP) is 6.17. The lowest BCUT2D eigenvalue weighted by molar-refractivity contribution is 0.297. The van der Waals surface area contributed by atoms with Crippen molar-refractivity contribution in [2.24, 2.45) is 11.0 Å². The zero-order valence-corrected chi connectivity index (χ0v) is 19.7. The SMILES string of the molecule is C=C/C(=C\C=C(/C)N1CCC(CC)C1C)N(C)/N=C(\C)c1cccnc1C.CC. The summed E-state index contributed by atoms with van der Waals surface area (Å²) in [7, 11) is 1.96. The van der Waals surface area contributed by atoms with E-state index in [4.69, 9.17) is 5.10 Å². The van der Waals surface area contributed by atoms with Gasteiger partial charge in [0, 0.05) is 42.8 Å². The molecule has 0 bridgehead atoms. The van der Waals surface area contributed by atoms with E-state index >= 15 is 0 Å². The number of likely N-dealkylation sites (tertiary alicyclic amines) is 1. The Hall–Kier alpha value is -2.36. The highest BCUT2D eigenvalue weighted by atomic mass is 15.4.